The molecular weight excluding hydrogens is 228 g/mol. The highest BCUT2D eigenvalue weighted by Crippen LogP contribution is 2.20. The van der Waals surface area contributed by atoms with E-state index in [4.69, 9.17) is 0 Å². The quantitative estimate of drug-likeness (QED) is 0.756. The lowest BCUT2D eigenvalue weighted by Gasteiger charge is -2.17. The minimum atomic E-state index is 0.855. The van der Waals surface area contributed by atoms with Crippen molar-refractivity contribution in [1.82, 2.24) is 4.98 Å². The molecule has 70 valence electrons. The van der Waals surface area contributed by atoms with Crippen molar-refractivity contribution in [2.75, 3.05) is 18.5 Å². The van der Waals surface area contributed by atoms with Gasteiger partial charge in [0, 0.05) is 19.2 Å². The summed E-state index contributed by atoms with van der Waals surface area (Å²) in [6.45, 7) is 6.78. The topological polar surface area (TPSA) is 16.1 Å². The second kappa shape index (κ2) is 4.42. The maximum atomic E-state index is 4.39. The van der Waals surface area contributed by atoms with E-state index in [9.17, 15) is 0 Å². The van der Waals surface area contributed by atoms with Gasteiger partial charge in [0.25, 0.3) is 0 Å². The molecule has 0 saturated carbocycles. The first-order valence-corrected chi connectivity index (χ1v) is 4.98. The van der Waals surface area contributed by atoms with Gasteiger partial charge in [0.05, 0.1) is 0 Å². The Morgan fingerprint density at radius 2 is 2.31 bits per heavy atom. The summed E-state index contributed by atoms with van der Waals surface area (Å²) in [5.41, 5.74) is 1.06. The summed E-state index contributed by atoms with van der Waals surface area (Å²) in [5, 5.41) is 0. The van der Waals surface area contributed by atoms with Crippen molar-refractivity contribution in [2.45, 2.75) is 6.92 Å². The third kappa shape index (κ3) is 2.31. The van der Waals surface area contributed by atoms with Crippen molar-refractivity contribution in [3.05, 3.63) is 28.9 Å². The molecule has 1 heterocycles. The Morgan fingerprint density at radius 1 is 1.62 bits per heavy atom. The summed E-state index contributed by atoms with van der Waals surface area (Å²) in [6.07, 6.45) is 1.82. The number of rotatable bonds is 3. The van der Waals surface area contributed by atoms with E-state index in [2.05, 4.69) is 39.3 Å². The van der Waals surface area contributed by atoms with Crippen LogP contribution in [0.15, 0.2) is 23.3 Å². The molecule has 0 aromatic carbocycles. The molecule has 0 aliphatic heterocycles. The fraction of sp³-hybridized carbons (Fsp3) is 0.300. The van der Waals surface area contributed by atoms with Gasteiger partial charge in [-0.05, 0) is 35.0 Å². The van der Waals surface area contributed by atoms with E-state index in [0.717, 1.165) is 22.5 Å². The Morgan fingerprint density at radius 3 is 2.85 bits per heavy atom. The normalized spacial score (nSPS) is 9.77. The molecule has 1 aromatic heterocycles. The van der Waals surface area contributed by atoms with Gasteiger partial charge in [0.1, 0.15) is 10.4 Å². The SMILES string of the molecule is C=Cc1ccc(Br)nc1N(C)CC. The predicted octanol–water partition coefficient (Wildman–Crippen LogP) is 2.94. The van der Waals surface area contributed by atoms with E-state index < -0.39 is 0 Å². The van der Waals surface area contributed by atoms with Gasteiger partial charge >= 0.3 is 0 Å². The van der Waals surface area contributed by atoms with E-state index in [1.54, 1.807) is 0 Å². The summed E-state index contributed by atoms with van der Waals surface area (Å²) in [5.74, 6) is 0.965. The Balaban J connectivity index is 3.15. The molecule has 0 fully saturated rings. The second-order valence-corrected chi connectivity index (χ2v) is 3.58. The lowest BCUT2D eigenvalue weighted by atomic mass is 10.2. The zero-order chi connectivity index (χ0) is 9.84. The number of nitrogens with zero attached hydrogens (tertiary/aromatic N) is 2. The minimum absolute atomic E-state index is 0.855. The van der Waals surface area contributed by atoms with E-state index in [0.29, 0.717) is 0 Å². The fourth-order valence-corrected chi connectivity index (χ4v) is 1.35. The van der Waals surface area contributed by atoms with Crippen molar-refractivity contribution >= 4 is 27.8 Å². The highest BCUT2D eigenvalue weighted by molar-refractivity contribution is 9.10. The zero-order valence-electron chi connectivity index (χ0n) is 7.92. The molecule has 0 radical (unpaired) electrons. The smallest absolute Gasteiger partial charge is 0.136 e. The summed E-state index contributed by atoms with van der Waals surface area (Å²) in [7, 11) is 2.02. The van der Waals surface area contributed by atoms with Crippen LogP contribution in [0.5, 0.6) is 0 Å². The average Bonchev–Trinajstić information content (AvgIpc) is 2.16. The molecule has 0 amide bonds. The fourth-order valence-electron chi connectivity index (χ4n) is 1.05. The Labute approximate surface area is 87.4 Å². The molecule has 13 heavy (non-hydrogen) atoms. The highest BCUT2D eigenvalue weighted by atomic mass is 79.9. The van der Waals surface area contributed by atoms with Crippen LogP contribution in [0.25, 0.3) is 6.08 Å². The van der Waals surface area contributed by atoms with Crippen molar-refractivity contribution in [3.8, 4) is 0 Å². The zero-order valence-corrected chi connectivity index (χ0v) is 9.50. The molecule has 3 heteroatoms. The molecule has 0 atom stereocenters. The summed E-state index contributed by atoms with van der Waals surface area (Å²) >= 11 is 3.35. The van der Waals surface area contributed by atoms with Crippen LogP contribution in [0.3, 0.4) is 0 Å². The van der Waals surface area contributed by atoms with E-state index in [-0.39, 0.29) is 0 Å². The van der Waals surface area contributed by atoms with Gasteiger partial charge in [-0.2, -0.15) is 0 Å². The van der Waals surface area contributed by atoms with Gasteiger partial charge in [-0.15, -0.1) is 0 Å². The van der Waals surface area contributed by atoms with Crippen molar-refractivity contribution in [1.29, 1.82) is 0 Å². The van der Waals surface area contributed by atoms with Crippen LogP contribution in [0.1, 0.15) is 12.5 Å². The molecule has 0 spiro atoms. The molecule has 1 aromatic rings. The monoisotopic (exact) mass is 240 g/mol. The van der Waals surface area contributed by atoms with Crippen molar-refractivity contribution in [3.63, 3.8) is 0 Å². The van der Waals surface area contributed by atoms with E-state index >= 15 is 0 Å². The number of hydrogen-bond donors (Lipinski definition) is 0. The lowest BCUT2D eigenvalue weighted by Crippen LogP contribution is -2.18. The number of halogens is 1. The Bertz CT molecular complexity index is 310. The molecule has 0 unspecified atom stereocenters. The first-order chi connectivity index (χ1) is 6.19. The van der Waals surface area contributed by atoms with Gasteiger partial charge in [0.15, 0.2) is 0 Å². The maximum absolute atomic E-state index is 4.39. The molecule has 0 aliphatic carbocycles. The molecule has 0 saturated heterocycles. The minimum Gasteiger partial charge on any atom is -0.359 e. The van der Waals surface area contributed by atoms with Crippen LogP contribution in [0, 0.1) is 0 Å². The van der Waals surface area contributed by atoms with Gasteiger partial charge in [-0.1, -0.05) is 12.7 Å². The molecule has 0 bridgehead atoms. The number of aromatic nitrogens is 1. The Kier molecular flexibility index (Phi) is 3.48. The standard InChI is InChI=1S/C10H13BrN2/c1-4-8-6-7-9(11)12-10(8)13(3)5-2/h4,6-7H,1,5H2,2-3H3. The van der Waals surface area contributed by atoms with Gasteiger partial charge in [-0.3, -0.25) is 0 Å². The molecule has 1 rings (SSSR count). The van der Waals surface area contributed by atoms with Crippen LogP contribution in [0.2, 0.25) is 0 Å². The molecule has 0 aliphatic rings. The summed E-state index contributed by atoms with van der Waals surface area (Å²) < 4.78 is 0.855. The molecule has 0 N–H and O–H groups in total. The highest BCUT2D eigenvalue weighted by Gasteiger charge is 2.05. The number of pyridine rings is 1. The van der Waals surface area contributed by atoms with Crippen LogP contribution in [0.4, 0.5) is 5.82 Å². The second-order valence-electron chi connectivity index (χ2n) is 2.77. The molecule has 2 nitrogen and oxygen atoms in total. The maximum Gasteiger partial charge on any atom is 0.136 e. The van der Waals surface area contributed by atoms with Crippen LogP contribution >= 0.6 is 15.9 Å². The largest absolute Gasteiger partial charge is 0.359 e. The Hall–Kier alpha value is -0.830. The van der Waals surface area contributed by atoms with Gasteiger partial charge < -0.3 is 4.90 Å². The third-order valence-corrected chi connectivity index (χ3v) is 2.37. The van der Waals surface area contributed by atoms with Gasteiger partial charge in [-0.25, -0.2) is 4.98 Å². The van der Waals surface area contributed by atoms with Crippen LogP contribution < -0.4 is 4.90 Å². The van der Waals surface area contributed by atoms with E-state index in [1.807, 2.05) is 25.3 Å². The average molecular weight is 241 g/mol. The number of hydrogen-bond acceptors (Lipinski definition) is 2. The van der Waals surface area contributed by atoms with Crippen LogP contribution in [-0.4, -0.2) is 18.6 Å². The lowest BCUT2D eigenvalue weighted by molar-refractivity contribution is 0.932. The predicted molar refractivity (Wildman–Crippen MR) is 61.0 cm³/mol. The first kappa shape index (κ1) is 10.3. The number of anilines is 1. The van der Waals surface area contributed by atoms with Crippen molar-refractivity contribution in [2.24, 2.45) is 0 Å². The van der Waals surface area contributed by atoms with Crippen LogP contribution in [-0.2, 0) is 0 Å². The summed E-state index contributed by atoms with van der Waals surface area (Å²) in [6, 6.07) is 3.93. The molecular formula is C10H13BrN2. The van der Waals surface area contributed by atoms with Crippen molar-refractivity contribution < 1.29 is 0 Å². The van der Waals surface area contributed by atoms with Gasteiger partial charge in [0.2, 0.25) is 0 Å². The van der Waals surface area contributed by atoms with E-state index in [1.165, 1.54) is 0 Å². The summed E-state index contributed by atoms with van der Waals surface area (Å²) in [4.78, 5) is 6.47. The third-order valence-electron chi connectivity index (χ3n) is 1.93. The first-order valence-electron chi connectivity index (χ1n) is 4.19.